The van der Waals surface area contributed by atoms with Crippen molar-refractivity contribution in [3.8, 4) is 0 Å². The standard InChI is InChI=1S/C13H17N3O2.ClH/c1-9(17)16-12-4-2-3-11(5-12)13(18)15-8-10-6-14-7-10;/h2-5,10,14H,6-8H2,1H3,(H,15,18)(H,16,17);1H. The molecule has 5 nitrogen and oxygen atoms in total. The second-order valence-corrected chi connectivity index (χ2v) is 4.50. The van der Waals surface area contributed by atoms with Crippen LogP contribution in [0.5, 0.6) is 0 Å². The van der Waals surface area contributed by atoms with Crippen LogP contribution in [0, 0.1) is 5.92 Å². The van der Waals surface area contributed by atoms with Crippen LogP contribution in [-0.2, 0) is 4.79 Å². The number of amides is 2. The molecule has 6 heteroatoms. The normalized spacial score (nSPS) is 13.9. The van der Waals surface area contributed by atoms with E-state index in [0.717, 1.165) is 13.1 Å². The van der Waals surface area contributed by atoms with Crippen molar-refractivity contribution in [2.45, 2.75) is 6.92 Å². The van der Waals surface area contributed by atoms with Gasteiger partial charge in [-0.1, -0.05) is 6.07 Å². The summed E-state index contributed by atoms with van der Waals surface area (Å²) < 4.78 is 0. The lowest BCUT2D eigenvalue weighted by molar-refractivity contribution is -0.114. The fraction of sp³-hybridized carbons (Fsp3) is 0.385. The van der Waals surface area contributed by atoms with E-state index >= 15 is 0 Å². The highest BCUT2D eigenvalue weighted by atomic mass is 35.5. The molecule has 3 N–H and O–H groups in total. The Bertz CT molecular complexity index is 461. The Morgan fingerprint density at radius 1 is 1.37 bits per heavy atom. The number of halogens is 1. The molecule has 0 aliphatic carbocycles. The second-order valence-electron chi connectivity index (χ2n) is 4.50. The number of nitrogens with one attached hydrogen (secondary N) is 3. The van der Waals surface area contributed by atoms with Crippen molar-refractivity contribution in [2.75, 3.05) is 25.0 Å². The predicted octanol–water partition coefficient (Wildman–Crippen LogP) is 1.02. The molecule has 104 valence electrons. The molecule has 2 amide bonds. The van der Waals surface area contributed by atoms with Gasteiger partial charge in [0.1, 0.15) is 0 Å². The van der Waals surface area contributed by atoms with E-state index in [1.165, 1.54) is 6.92 Å². The number of carbonyl (C=O) groups excluding carboxylic acids is 2. The van der Waals surface area contributed by atoms with E-state index in [4.69, 9.17) is 0 Å². The van der Waals surface area contributed by atoms with Gasteiger partial charge in [-0.05, 0) is 18.2 Å². The minimum atomic E-state index is -0.145. The molecule has 0 aromatic heterocycles. The highest BCUT2D eigenvalue weighted by molar-refractivity contribution is 5.96. The molecular weight excluding hydrogens is 266 g/mol. The third-order valence-corrected chi connectivity index (χ3v) is 2.86. The Hall–Kier alpha value is -1.59. The van der Waals surface area contributed by atoms with Crippen molar-refractivity contribution in [1.82, 2.24) is 10.6 Å². The number of benzene rings is 1. The molecule has 1 aromatic carbocycles. The van der Waals surface area contributed by atoms with Crippen LogP contribution in [-0.4, -0.2) is 31.4 Å². The maximum atomic E-state index is 11.9. The van der Waals surface area contributed by atoms with Gasteiger partial charge in [0, 0.05) is 43.7 Å². The smallest absolute Gasteiger partial charge is 0.251 e. The molecule has 1 aromatic rings. The molecule has 2 rings (SSSR count). The summed E-state index contributed by atoms with van der Waals surface area (Å²) in [4.78, 5) is 22.8. The molecule has 0 bridgehead atoms. The summed E-state index contributed by atoms with van der Waals surface area (Å²) >= 11 is 0. The fourth-order valence-corrected chi connectivity index (χ4v) is 1.77. The van der Waals surface area contributed by atoms with Crippen LogP contribution in [0.1, 0.15) is 17.3 Å². The van der Waals surface area contributed by atoms with Gasteiger partial charge in [0.05, 0.1) is 0 Å². The van der Waals surface area contributed by atoms with Gasteiger partial charge in [-0.25, -0.2) is 0 Å². The quantitative estimate of drug-likeness (QED) is 0.773. The van der Waals surface area contributed by atoms with Crippen LogP contribution in [0.15, 0.2) is 24.3 Å². The average Bonchev–Trinajstić information content (AvgIpc) is 2.26. The molecule has 1 aliphatic rings. The average molecular weight is 284 g/mol. The number of hydrogen-bond acceptors (Lipinski definition) is 3. The van der Waals surface area contributed by atoms with Crippen molar-refractivity contribution >= 4 is 29.9 Å². The summed E-state index contributed by atoms with van der Waals surface area (Å²) in [5.74, 6) is 0.287. The van der Waals surface area contributed by atoms with Crippen molar-refractivity contribution in [2.24, 2.45) is 5.92 Å². The first kappa shape index (κ1) is 15.5. The summed E-state index contributed by atoms with van der Waals surface area (Å²) in [6.07, 6.45) is 0. The van der Waals surface area contributed by atoms with E-state index in [0.29, 0.717) is 23.7 Å². The Balaban J connectivity index is 0.00000180. The Kier molecular flexibility index (Phi) is 5.79. The summed E-state index contributed by atoms with van der Waals surface area (Å²) in [7, 11) is 0. The third-order valence-electron chi connectivity index (χ3n) is 2.86. The highest BCUT2D eigenvalue weighted by Crippen LogP contribution is 2.11. The third kappa shape index (κ3) is 4.54. The lowest BCUT2D eigenvalue weighted by atomic mass is 10.0. The zero-order valence-electron chi connectivity index (χ0n) is 10.7. The fourth-order valence-electron chi connectivity index (χ4n) is 1.77. The highest BCUT2D eigenvalue weighted by Gasteiger charge is 2.17. The molecule has 19 heavy (non-hydrogen) atoms. The minimum absolute atomic E-state index is 0. The number of carbonyl (C=O) groups is 2. The Labute approximate surface area is 118 Å². The monoisotopic (exact) mass is 283 g/mol. The van der Waals surface area contributed by atoms with Gasteiger partial charge in [-0.15, -0.1) is 12.4 Å². The first-order valence-electron chi connectivity index (χ1n) is 6.02. The van der Waals surface area contributed by atoms with Crippen LogP contribution < -0.4 is 16.0 Å². The zero-order valence-corrected chi connectivity index (χ0v) is 11.5. The van der Waals surface area contributed by atoms with E-state index < -0.39 is 0 Å². The van der Waals surface area contributed by atoms with Gasteiger partial charge < -0.3 is 16.0 Å². The topological polar surface area (TPSA) is 70.2 Å². The van der Waals surface area contributed by atoms with Gasteiger partial charge in [0.15, 0.2) is 0 Å². The molecular formula is C13H18ClN3O2. The van der Waals surface area contributed by atoms with Crippen LogP contribution in [0.25, 0.3) is 0 Å². The van der Waals surface area contributed by atoms with Gasteiger partial charge in [-0.3, -0.25) is 9.59 Å². The lowest BCUT2D eigenvalue weighted by Gasteiger charge is -2.27. The molecule has 1 heterocycles. The molecule has 0 spiro atoms. The van der Waals surface area contributed by atoms with Crippen LogP contribution in [0.3, 0.4) is 0 Å². The SMILES string of the molecule is CC(=O)Nc1cccc(C(=O)NCC2CNC2)c1.Cl. The maximum absolute atomic E-state index is 11.9. The molecule has 0 saturated carbocycles. The lowest BCUT2D eigenvalue weighted by Crippen LogP contribution is -2.48. The van der Waals surface area contributed by atoms with Crippen molar-refractivity contribution in [3.63, 3.8) is 0 Å². The van der Waals surface area contributed by atoms with Gasteiger partial charge in [0.2, 0.25) is 5.91 Å². The summed E-state index contributed by atoms with van der Waals surface area (Å²) in [5, 5.41) is 8.70. The van der Waals surface area contributed by atoms with Gasteiger partial charge >= 0.3 is 0 Å². The predicted molar refractivity (Wildman–Crippen MR) is 76.7 cm³/mol. The van der Waals surface area contributed by atoms with Crippen molar-refractivity contribution in [1.29, 1.82) is 0 Å². The zero-order chi connectivity index (χ0) is 13.0. The van der Waals surface area contributed by atoms with Gasteiger partial charge in [-0.2, -0.15) is 0 Å². The van der Waals surface area contributed by atoms with E-state index in [9.17, 15) is 9.59 Å². The molecule has 1 aliphatic heterocycles. The molecule has 0 unspecified atom stereocenters. The Morgan fingerprint density at radius 3 is 2.68 bits per heavy atom. The van der Waals surface area contributed by atoms with Crippen LogP contribution in [0.2, 0.25) is 0 Å². The van der Waals surface area contributed by atoms with E-state index in [2.05, 4.69) is 16.0 Å². The Morgan fingerprint density at radius 2 is 2.11 bits per heavy atom. The first-order valence-corrected chi connectivity index (χ1v) is 6.02. The molecule has 0 atom stereocenters. The van der Waals surface area contributed by atoms with Crippen molar-refractivity contribution in [3.05, 3.63) is 29.8 Å². The van der Waals surface area contributed by atoms with Crippen LogP contribution >= 0.6 is 12.4 Å². The number of hydrogen-bond donors (Lipinski definition) is 3. The maximum Gasteiger partial charge on any atom is 0.251 e. The summed E-state index contributed by atoms with van der Waals surface area (Å²) in [5.41, 5.74) is 1.20. The minimum Gasteiger partial charge on any atom is -0.352 e. The second kappa shape index (κ2) is 7.11. The van der Waals surface area contributed by atoms with Gasteiger partial charge in [0.25, 0.3) is 5.91 Å². The van der Waals surface area contributed by atoms with E-state index in [-0.39, 0.29) is 24.2 Å². The summed E-state index contributed by atoms with van der Waals surface area (Å²) in [6, 6.07) is 6.93. The largest absolute Gasteiger partial charge is 0.352 e. The molecule has 0 radical (unpaired) electrons. The van der Waals surface area contributed by atoms with Crippen molar-refractivity contribution < 1.29 is 9.59 Å². The number of anilines is 1. The first-order chi connectivity index (χ1) is 8.65. The molecule has 1 saturated heterocycles. The number of rotatable bonds is 4. The molecule has 1 fully saturated rings. The van der Waals surface area contributed by atoms with E-state index in [1.807, 2.05) is 0 Å². The van der Waals surface area contributed by atoms with Crippen LogP contribution in [0.4, 0.5) is 5.69 Å². The van der Waals surface area contributed by atoms with E-state index in [1.54, 1.807) is 24.3 Å². The summed E-state index contributed by atoms with van der Waals surface area (Å²) in [6.45, 7) is 4.06.